The smallest absolute Gasteiger partial charge is 0.306 e. The number of ether oxygens (including phenoxy) is 1. The molecule has 1 heterocycles. The maximum absolute atomic E-state index is 11.8. The molecule has 0 bridgehead atoms. The minimum absolute atomic E-state index is 0.0211. The molecular weight excluding hydrogens is 224 g/mol. The molecular formula is C16H25O2+. The SMILES string of the molecule is CC1(C)C[CH+]C[C@]2(C)C1CC[C@]1(C)OC(=O)C[C@H]12. The van der Waals surface area contributed by atoms with E-state index in [1.807, 2.05) is 0 Å². The van der Waals surface area contributed by atoms with Crippen LogP contribution < -0.4 is 0 Å². The van der Waals surface area contributed by atoms with E-state index in [4.69, 9.17) is 4.74 Å². The fourth-order valence-electron chi connectivity index (χ4n) is 5.38. The van der Waals surface area contributed by atoms with E-state index in [1.165, 1.54) is 12.8 Å². The van der Waals surface area contributed by atoms with Crippen LogP contribution in [-0.2, 0) is 9.53 Å². The zero-order chi connectivity index (χ0) is 13.2. The second-order valence-corrected chi connectivity index (χ2v) is 7.83. The van der Waals surface area contributed by atoms with Crippen LogP contribution in [0.5, 0.6) is 0 Å². The largest absolute Gasteiger partial charge is 0.459 e. The zero-order valence-electron chi connectivity index (χ0n) is 12.1. The van der Waals surface area contributed by atoms with Gasteiger partial charge in [-0.05, 0) is 25.7 Å². The van der Waals surface area contributed by atoms with E-state index in [2.05, 4.69) is 34.1 Å². The standard InChI is InChI=1S/C16H25O2/c1-14(2)7-5-8-15(3)11(14)6-9-16(4)12(15)10-13(17)18-16/h5,11-12H,6-10H2,1-4H3/q+1/t11?,12-,15+,16-/m0/s1. The Morgan fingerprint density at radius 2 is 1.89 bits per heavy atom. The Kier molecular flexibility index (Phi) is 2.38. The third kappa shape index (κ3) is 1.47. The summed E-state index contributed by atoms with van der Waals surface area (Å²) >= 11 is 0. The summed E-state index contributed by atoms with van der Waals surface area (Å²) in [6.07, 6.45) is 7.70. The maximum Gasteiger partial charge on any atom is 0.306 e. The molecule has 0 radical (unpaired) electrons. The third-order valence-electron chi connectivity index (χ3n) is 6.17. The van der Waals surface area contributed by atoms with Gasteiger partial charge in [-0.1, -0.05) is 20.8 Å². The lowest BCUT2D eigenvalue weighted by Gasteiger charge is -2.56. The van der Waals surface area contributed by atoms with Crippen LogP contribution in [0, 0.1) is 29.1 Å². The Morgan fingerprint density at radius 1 is 1.17 bits per heavy atom. The van der Waals surface area contributed by atoms with Gasteiger partial charge in [0.2, 0.25) is 0 Å². The maximum atomic E-state index is 11.8. The lowest BCUT2D eigenvalue weighted by Crippen LogP contribution is -2.56. The molecule has 0 aromatic carbocycles. The molecule has 3 fully saturated rings. The fourth-order valence-corrected chi connectivity index (χ4v) is 5.38. The van der Waals surface area contributed by atoms with Gasteiger partial charge < -0.3 is 4.74 Å². The summed E-state index contributed by atoms with van der Waals surface area (Å²) in [6, 6.07) is 0. The average Bonchev–Trinajstić information content (AvgIpc) is 2.53. The Morgan fingerprint density at radius 3 is 2.61 bits per heavy atom. The van der Waals surface area contributed by atoms with Gasteiger partial charge in [0.1, 0.15) is 5.60 Å². The highest BCUT2D eigenvalue weighted by molar-refractivity contribution is 5.73. The van der Waals surface area contributed by atoms with Crippen LogP contribution in [0.15, 0.2) is 0 Å². The fraction of sp³-hybridized carbons (Fsp3) is 0.875. The molecule has 0 spiro atoms. The molecule has 0 N–H and O–H groups in total. The summed E-state index contributed by atoms with van der Waals surface area (Å²) in [6.45, 7) is 9.35. The van der Waals surface area contributed by atoms with Crippen molar-refractivity contribution in [1.82, 2.24) is 0 Å². The Balaban J connectivity index is 2.00. The van der Waals surface area contributed by atoms with Gasteiger partial charge in [-0.25, -0.2) is 0 Å². The number of hydrogen-bond acceptors (Lipinski definition) is 2. The number of carbonyl (C=O) groups is 1. The molecule has 0 amide bonds. The topological polar surface area (TPSA) is 26.3 Å². The number of hydrogen-bond donors (Lipinski definition) is 0. The first-order valence-corrected chi connectivity index (χ1v) is 7.31. The van der Waals surface area contributed by atoms with E-state index in [1.54, 1.807) is 0 Å². The zero-order valence-corrected chi connectivity index (χ0v) is 12.1. The van der Waals surface area contributed by atoms with Crippen molar-refractivity contribution in [2.75, 3.05) is 0 Å². The van der Waals surface area contributed by atoms with E-state index < -0.39 is 0 Å². The molecule has 1 aliphatic heterocycles. The molecule has 4 atom stereocenters. The van der Waals surface area contributed by atoms with Crippen molar-refractivity contribution in [3.05, 3.63) is 6.42 Å². The molecule has 0 aromatic rings. The van der Waals surface area contributed by atoms with Crippen LogP contribution >= 0.6 is 0 Å². The quantitative estimate of drug-likeness (QED) is 0.483. The van der Waals surface area contributed by atoms with Crippen LogP contribution in [0.25, 0.3) is 0 Å². The van der Waals surface area contributed by atoms with Crippen molar-refractivity contribution < 1.29 is 9.53 Å². The lowest BCUT2D eigenvalue weighted by atomic mass is 9.45. The van der Waals surface area contributed by atoms with E-state index in [0.717, 1.165) is 18.8 Å². The number of carbonyl (C=O) groups excluding carboxylic acids is 1. The van der Waals surface area contributed by atoms with Gasteiger partial charge in [-0.2, -0.15) is 0 Å². The van der Waals surface area contributed by atoms with Gasteiger partial charge in [-0.3, -0.25) is 4.79 Å². The predicted molar refractivity (Wildman–Crippen MR) is 70.8 cm³/mol. The van der Waals surface area contributed by atoms with E-state index in [9.17, 15) is 4.79 Å². The molecule has 3 rings (SSSR count). The van der Waals surface area contributed by atoms with Gasteiger partial charge in [-0.15, -0.1) is 0 Å². The van der Waals surface area contributed by atoms with Crippen LogP contribution in [0.4, 0.5) is 0 Å². The molecule has 1 saturated heterocycles. The molecule has 0 aromatic heterocycles. The first kappa shape index (κ1) is 12.4. The van der Waals surface area contributed by atoms with Gasteiger partial charge >= 0.3 is 5.97 Å². The number of rotatable bonds is 0. The van der Waals surface area contributed by atoms with Crippen molar-refractivity contribution in [2.24, 2.45) is 22.7 Å². The van der Waals surface area contributed by atoms with Crippen LogP contribution in [0.3, 0.4) is 0 Å². The molecule has 18 heavy (non-hydrogen) atoms. The van der Waals surface area contributed by atoms with Crippen molar-refractivity contribution in [2.45, 2.75) is 65.4 Å². The summed E-state index contributed by atoms with van der Waals surface area (Å²) in [5.74, 6) is 1.16. The second-order valence-electron chi connectivity index (χ2n) is 7.83. The monoisotopic (exact) mass is 249 g/mol. The molecule has 100 valence electrons. The van der Waals surface area contributed by atoms with E-state index in [-0.39, 0.29) is 17.0 Å². The molecule has 3 aliphatic rings. The van der Waals surface area contributed by atoms with Crippen molar-refractivity contribution in [3.63, 3.8) is 0 Å². The van der Waals surface area contributed by atoms with E-state index >= 15 is 0 Å². The van der Waals surface area contributed by atoms with Gasteiger partial charge in [0.15, 0.2) is 0 Å². The minimum atomic E-state index is -0.191. The first-order valence-electron chi connectivity index (χ1n) is 7.31. The molecule has 2 nitrogen and oxygen atoms in total. The van der Waals surface area contributed by atoms with Crippen LogP contribution in [0.2, 0.25) is 0 Å². The van der Waals surface area contributed by atoms with Gasteiger partial charge in [0.05, 0.1) is 25.7 Å². The summed E-state index contributed by atoms with van der Waals surface area (Å²) in [5.41, 5.74) is 0.435. The van der Waals surface area contributed by atoms with Crippen LogP contribution in [0.1, 0.15) is 59.8 Å². The highest BCUT2D eigenvalue weighted by atomic mass is 16.6. The average molecular weight is 249 g/mol. The predicted octanol–water partition coefficient (Wildman–Crippen LogP) is 3.75. The van der Waals surface area contributed by atoms with Crippen molar-refractivity contribution in [1.29, 1.82) is 0 Å². The highest BCUT2D eigenvalue weighted by Crippen LogP contribution is 2.64. The molecule has 2 aliphatic carbocycles. The van der Waals surface area contributed by atoms with Gasteiger partial charge in [0, 0.05) is 16.7 Å². The molecule has 1 unspecified atom stereocenters. The summed E-state index contributed by atoms with van der Waals surface area (Å²) in [5, 5.41) is 0. The van der Waals surface area contributed by atoms with Crippen molar-refractivity contribution >= 4 is 5.97 Å². The normalized spacial score (nSPS) is 49.9. The highest BCUT2D eigenvalue weighted by Gasteiger charge is 2.64. The van der Waals surface area contributed by atoms with Crippen molar-refractivity contribution in [3.8, 4) is 0 Å². The Bertz CT molecular complexity index is 387. The van der Waals surface area contributed by atoms with E-state index in [0.29, 0.717) is 17.8 Å². The Hall–Kier alpha value is -0.660. The number of esters is 1. The molecule has 2 saturated carbocycles. The third-order valence-corrected chi connectivity index (χ3v) is 6.17. The molecule has 2 heteroatoms. The van der Waals surface area contributed by atoms with Crippen LogP contribution in [-0.4, -0.2) is 11.6 Å². The lowest BCUT2D eigenvalue weighted by molar-refractivity contribution is -0.161. The number of fused-ring (bicyclic) bond motifs is 3. The van der Waals surface area contributed by atoms with Gasteiger partial charge in [0.25, 0.3) is 0 Å². The summed E-state index contributed by atoms with van der Waals surface area (Å²) in [7, 11) is 0. The minimum Gasteiger partial charge on any atom is -0.459 e. The second kappa shape index (κ2) is 3.46. The summed E-state index contributed by atoms with van der Waals surface area (Å²) < 4.78 is 5.68. The summed E-state index contributed by atoms with van der Waals surface area (Å²) in [4.78, 5) is 11.8. The first-order chi connectivity index (χ1) is 8.28. The Labute approximate surface area is 110 Å².